The molecule has 1 aromatic rings. The smallest absolute Gasteiger partial charge is 0.240 e. The summed E-state index contributed by atoms with van der Waals surface area (Å²) in [6.07, 6.45) is 2.21. The van der Waals surface area contributed by atoms with E-state index in [-0.39, 0.29) is 23.9 Å². The van der Waals surface area contributed by atoms with Gasteiger partial charge in [0.25, 0.3) is 0 Å². The monoisotopic (exact) mass is 319 g/mol. The lowest BCUT2D eigenvalue weighted by Crippen LogP contribution is -2.56. The summed E-state index contributed by atoms with van der Waals surface area (Å²) in [7, 11) is 0. The summed E-state index contributed by atoms with van der Waals surface area (Å²) in [5.41, 5.74) is 6.30. The molecule has 1 aliphatic carbocycles. The molecule has 0 aromatic heterocycles. The van der Waals surface area contributed by atoms with Crippen LogP contribution in [0.3, 0.4) is 0 Å². The second-order valence-corrected chi connectivity index (χ2v) is 7.20. The first kappa shape index (κ1) is 15.4. The van der Waals surface area contributed by atoms with E-state index >= 15 is 0 Å². The summed E-state index contributed by atoms with van der Waals surface area (Å²) in [5.74, 6) is 0.664. The zero-order valence-electron chi connectivity index (χ0n) is 12.7. The summed E-state index contributed by atoms with van der Waals surface area (Å²) in [6, 6.07) is 7.69. The zero-order valence-corrected chi connectivity index (χ0v) is 13.5. The standard InChI is InChI=1S/C16H21N3O2S/c1-16(10-17,11-6-7-11)18-14(20)8-19-12-4-2-3-5-13(12)22-9-15(19)21/h2-5,11H,6-10,17H2,1H3,(H,18,20). The van der Waals surface area contributed by atoms with Crippen LogP contribution in [0.15, 0.2) is 29.2 Å². The Kier molecular flexibility index (Phi) is 4.14. The van der Waals surface area contributed by atoms with Crippen LogP contribution in [0.4, 0.5) is 5.69 Å². The van der Waals surface area contributed by atoms with Crippen LogP contribution >= 0.6 is 11.8 Å². The Hall–Kier alpha value is -1.53. The number of hydrogen-bond donors (Lipinski definition) is 2. The van der Waals surface area contributed by atoms with Crippen molar-refractivity contribution in [3.63, 3.8) is 0 Å². The Labute approximate surface area is 134 Å². The summed E-state index contributed by atoms with van der Waals surface area (Å²) < 4.78 is 0. The predicted octanol–water partition coefficient (Wildman–Crippen LogP) is 1.37. The van der Waals surface area contributed by atoms with Crippen molar-refractivity contribution < 1.29 is 9.59 Å². The maximum Gasteiger partial charge on any atom is 0.240 e. The van der Waals surface area contributed by atoms with Gasteiger partial charge in [0.1, 0.15) is 6.54 Å². The summed E-state index contributed by atoms with van der Waals surface area (Å²) in [5, 5.41) is 3.04. The second kappa shape index (κ2) is 5.93. The molecule has 1 aromatic carbocycles. The normalized spacial score (nSPS) is 20.3. The molecule has 1 heterocycles. The van der Waals surface area contributed by atoms with Crippen LogP contribution in [0, 0.1) is 5.92 Å². The van der Waals surface area contributed by atoms with Crippen LogP contribution in [0.5, 0.6) is 0 Å². The number of carbonyl (C=O) groups is 2. The van der Waals surface area contributed by atoms with Gasteiger partial charge in [0, 0.05) is 11.4 Å². The van der Waals surface area contributed by atoms with E-state index in [0.29, 0.717) is 18.2 Å². The van der Waals surface area contributed by atoms with Crippen molar-refractivity contribution in [2.75, 3.05) is 23.7 Å². The van der Waals surface area contributed by atoms with Crippen molar-refractivity contribution in [1.82, 2.24) is 5.32 Å². The van der Waals surface area contributed by atoms with Crippen LogP contribution in [-0.4, -0.2) is 36.2 Å². The molecule has 0 bridgehead atoms. The van der Waals surface area contributed by atoms with E-state index in [4.69, 9.17) is 5.73 Å². The molecule has 2 aliphatic rings. The van der Waals surface area contributed by atoms with Gasteiger partial charge >= 0.3 is 0 Å². The molecule has 1 unspecified atom stereocenters. The Balaban J connectivity index is 1.72. The number of nitrogens with zero attached hydrogens (tertiary/aromatic N) is 1. The SMILES string of the molecule is CC(CN)(NC(=O)CN1C(=O)CSc2ccccc21)C1CC1. The van der Waals surface area contributed by atoms with Crippen molar-refractivity contribution in [1.29, 1.82) is 0 Å². The number of carbonyl (C=O) groups excluding carboxylic acids is 2. The maximum absolute atomic E-state index is 12.4. The molecule has 5 nitrogen and oxygen atoms in total. The van der Waals surface area contributed by atoms with Crippen LogP contribution < -0.4 is 16.0 Å². The molecule has 0 spiro atoms. The largest absolute Gasteiger partial charge is 0.348 e. The Morgan fingerprint density at radius 3 is 2.86 bits per heavy atom. The average molecular weight is 319 g/mol. The number of fused-ring (bicyclic) bond motifs is 1. The van der Waals surface area contributed by atoms with E-state index in [1.807, 2.05) is 31.2 Å². The quantitative estimate of drug-likeness (QED) is 0.859. The number of amides is 2. The highest BCUT2D eigenvalue weighted by Gasteiger charge is 2.42. The van der Waals surface area contributed by atoms with Crippen LogP contribution in [0.2, 0.25) is 0 Å². The molecule has 1 saturated carbocycles. The third-order valence-corrected chi connectivity index (χ3v) is 5.48. The lowest BCUT2D eigenvalue weighted by atomic mass is 9.96. The van der Waals surface area contributed by atoms with Crippen LogP contribution in [0.1, 0.15) is 19.8 Å². The Morgan fingerprint density at radius 2 is 2.18 bits per heavy atom. The fourth-order valence-electron chi connectivity index (χ4n) is 2.87. The van der Waals surface area contributed by atoms with Gasteiger partial charge in [-0.3, -0.25) is 9.59 Å². The van der Waals surface area contributed by atoms with Crippen LogP contribution in [-0.2, 0) is 9.59 Å². The van der Waals surface area contributed by atoms with Gasteiger partial charge in [-0.25, -0.2) is 0 Å². The number of benzene rings is 1. The van der Waals surface area contributed by atoms with Gasteiger partial charge < -0.3 is 16.0 Å². The predicted molar refractivity (Wildman–Crippen MR) is 87.8 cm³/mol. The topological polar surface area (TPSA) is 75.4 Å². The molecular weight excluding hydrogens is 298 g/mol. The molecule has 2 amide bonds. The van der Waals surface area contributed by atoms with E-state index in [1.165, 1.54) is 11.8 Å². The van der Waals surface area contributed by atoms with Crippen LogP contribution in [0.25, 0.3) is 0 Å². The van der Waals surface area contributed by atoms with Crippen molar-refractivity contribution >= 4 is 29.3 Å². The van der Waals surface area contributed by atoms with E-state index in [0.717, 1.165) is 23.4 Å². The highest BCUT2D eigenvalue weighted by Crippen LogP contribution is 2.39. The van der Waals surface area contributed by atoms with Crippen molar-refractivity contribution in [3.05, 3.63) is 24.3 Å². The van der Waals surface area contributed by atoms with E-state index in [9.17, 15) is 9.59 Å². The lowest BCUT2D eigenvalue weighted by Gasteiger charge is -2.32. The average Bonchev–Trinajstić information content (AvgIpc) is 3.35. The number of rotatable bonds is 5. The van der Waals surface area contributed by atoms with Gasteiger partial charge in [-0.1, -0.05) is 12.1 Å². The molecule has 118 valence electrons. The first-order valence-electron chi connectivity index (χ1n) is 7.57. The van der Waals surface area contributed by atoms with E-state index < -0.39 is 0 Å². The number of anilines is 1. The minimum atomic E-state index is -0.357. The van der Waals surface area contributed by atoms with Gasteiger partial charge in [0.05, 0.1) is 17.0 Å². The molecular formula is C16H21N3O2S. The zero-order chi connectivity index (χ0) is 15.7. The van der Waals surface area contributed by atoms with Gasteiger partial charge in [-0.05, 0) is 37.8 Å². The van der Waals surface area contributed by atoms with E-state index in [1.54, 1.807) is 4.90 Å². The van der Waals surface area contributed by atoms with Gasteiger partial charge in [0.15, 0.2) is 0 Å². The van der Waals surface area contributed by atoms with Crippen molar-refractivity contribution in [2.45, 2.75) is 30.2 Å². The van der Waals surface area contributed by atoms with Crippen molar-refractivity contribution in [3.8, 4) is 0 Å². The summed E-state index contributed by atoms with van der Waals surface area (Å²) in [4.78, 5) is 27.2. The maximum atomic E-state index is 12.4. The van der Waals surface area contributed by atoms with Crippen molar-refractivity contribution in [2.24, 2.45) is 11.7 Å². The molecule has 1 fully saturated rings. The molecule has 1 atom stereocenters. The molecule has 1 aliphatic heterocycles. The number of thioether (sulfide) groups is 1. The fourth-order valence-corrected chi connectivity index (χ4v) is 3.80. The number of para-hydroxylation sites is 1. The van der Waals surface area contributed by atoms with E-state index in [2.05, 4.69) is 5.32 Å². The Bertz CT molecular complexity index is 603. The fraction of sp³-hybridized carbons (Fsp3) is 0.500. The molecule has 0 saturated heterocycles. The lowest BCUT2D eigenvalue weighted by molar-refractivity contribution is -0.124. The molecule has 0 radical (unpaired) electrons. The second-order valence-electron chi connectivity index (χ2n) is 6.18. The third kappa shape index (κ3) is 2.98. The molecule has 3 N–H and O–H groups in total. The third-order valence-electron chi connectivity index (χ3n) is 4.44. The highest BCUT2D eigenvalue weighted by atomic mass is 32.2. The van der Waals surface area contributed by atoms with Gasteiger partial charge in [-0.15, -0.1) is 11.8 Å². The molecule has 6 heteroatoms. The minimum Gasteiger partial charge on any atom is -0.348 e. The van der Waals surface area contributed by atoms with Gasteiger partial charge in [-0.2, -0.15) is 0 Å². The Morgan fingerprint density at radius 1 is 1.45 bits per heavy atom. The minimum absolute atomic E-state index is 0.0280. The highest BCUT2D eigenvalue weighted by molar-refractivity contribution is 8.00. The number of nitrogens with two attached hydrogens (primary N) is 1. The summed E-state index contributed by atoms with van der Waals surface area (Å²) >= 11 is 1.52. The molecule has 3 rings (SSSR count). The first-order chi connectivity index (χ1) is 10.5. The first-order valence-corrected chi connectivity index (χ1v) is 8.55. The number of nitrogens with one attached hydrogen (secondary N) is 1. The van der Waals surface area contributed by atoms with Gasteiger partial charge in [0.2, 0.25) is 11.8 Å². The summed E-state index contributed by atoms with van der Waals surface area (Å²) in [6.45, 7) is 2.47. The number of hydrogen-bond acceptors (Lipinski definition) is 4. The molecule has 22 heavy (non-hydrogen) atoms.